The topological polar surface area (TPSA) is 88.8 Å². The second kappa shape index (κ2) is 8.79. The summed E-state index contributed by atoms with van der Waals surface area (Å²) in [7, 11) is 1.95. The van der Waals surface area contributed by atoms with Crippen molar-refractivity contribution in [3.63, 3.8) is 0 Å². The predicted octanol–water partition coefficient (Wildman–Crippen LogP) is 2.06. The lowest BCUT2D eigenvalue weighted by atomic mass is 10.1. The number of amides is 1. The van der Waals surface area contributed by atoms with Crippen molar-refractivity contribution in [2.24, 2.45) is 0 Å². The number of carbonyl (C=O) groups excluding carboxylic acids is 1. The molecule has 3 aromatic heterocycles. The van der Waals surface area contributed by atoms with Gasteiger partial charge < -0.3 is 9.88 Å². The van der Waals surface area contributed by atoms with Crippen molar-refractivity contribution in [2.75, 3.05) is 13.6 Å². The summed E-state index contributed by atoms with van der Waals surface area (Å²) >= 11 is 1.62. The zero-order valence-corrected chi connectivity index (χ0v) is 17.5. The van der Waals surface area contributed by atoms with Gasteiger partial charge in [-0.05, 0) is 38.4 Å². The van der Waals surface area contributed by atoms with Gasteiger partial charge in [0.05, 0.1) is 11.6 Å². The minimum absolute atomic E-state index is 0.0504. The van der Waals surface area contributed by atoms with Crippen molar-refractivity contribution in [2.45, 2.75) is 45.3 Å². The molecule has 0 aromatic carbocycles. The Bertz CT molecular complexity index is 968. The van der Waals surface area contributed by atoms with Crippen LogP contribution in [-0.4, -0.2) is 55.2 Å². The van der Waals surface area contributed by atoms with Gasteiger partial charge in [0, 0.05) is 43.3 Å². The van der Waals surface area contributed by atoms with Crippen molar-refractivity contribution in [1.82, 2.24) is 34.9 Å². The van der Waals surface area contributed by atoms with E-state index >= 15 is 0 Å². The molecule has 4 rings (SSSR count). The Morgan fingerprint density at radius 3 is 3.03 bits per heavy atom. The number of hydrogen-bond acceptors (Lipinski definition) is 7. The van der Waals surface area contributed by atoms with E-state index in [2.05, 4.69) is 30.0 Å². The Kier molecular flexibility index (Phi) is 5.96. The molecule has 9 heteroatoms. The normalized spacial score (nSPS) is 16.4. The molecule has 0 spiro atoms. The Hall–Kier alpha value is -2.65. The van der Waals surface area contributed by atoms with Gasteiger partial charge in [0.1, 0.15) is 11.5 Å². The summed E-state index contributed by atoms with van der Waals surface area (Å²) in [6.45, 7) is 3.83. The maximum atomic E-state index is 12.5. The highest BCUT2D eigenvalue weighted by atomic mass is 32.1. The highest BCUT2D eigenvalue weighted by Gasteiger charge is 2.23. The Labute approximate surface area is 174 Å². The molecule has 1 amide bonds. The van der Waals surface area contributed by atoms with Crippen LogP contribution in [0.1, 0.15) is 29.2 Å². The maximum Gasteiger partial charge on any atom is 0.234 e. The van der Waals surface area contributed by atoms with Crippen LogP contribution in [0.25, 0.3) is 11.5 Å². The van der Waals surface area contributed by atoms with Gasteiger partial charge >= 0.3 is 0 Å². The molecule has 0 aliphatic carbocycles. The molecule has 0 fully saturated rings. The summed E-state index contributed by atoms with van der Waals surface area (Å²) in [6, 6.07) is 4.07. The first kappa shape index (κ1) is 19.7. The molecule has 1 atom stereocenters. The molecular weight excluding hydrogens is 386 g/mol. The first-order valence-electron chi connectivity index (χ1n) is 9.80. The number of nitrogens with one attached hydrogen (secondary N) is 1. The SMILES string of the molecule is Cc1nc(-c2nnc3n2CCC(NC(=O)CN(C)Cc2cccnc2)CC3)cs1. The minimum atomic E-state index is 0.0504. The highest BCUT2D eigenvalue weighted by molar-refractivity contribution is 7.09. The average molecular weight is 412 g/mol. The number of thiazole rings is 1. The van der Waals surface area contributed by atoms with Crippen molar-refractivity contribution >= 4 is 17.2 Å². The second-order valence-electron chi connectivity index (χ2n) is 7.47. The van der Waals surface area contributed by atoms with Crippen LogP contribution in [0.5, 0.6) is 0 Å². The van der Waals surface area contributed by atoms with E-state index in [1.807, 2.05) is 42.6 Å². The van der Waals surface area contributed by atoms with Crippen LogP contribution in [0, 0.1) is 6.92 Å². The maximum absolute atomic E-state index is 12.5. The Morgan fingerprint density at radius 2 is 2.28 bits per heavy atom. The van der Waals surface area contributed by atoms with E-state index < -0.39 is 0 Å². The molecule has 1 N–H and O–H groups in total. The van der Waals surface area contributed by atoms with Crippen LogP contribution in [0.4, 0.5) is 0 Å². The molecule has 1 unspecified atom stereocenters. The largest absolute Gasteiger partial charge is 0.352 e. The molecule has 0 saturated heterocycles. The van der Waals surface area contributed by atoms with Gasteiger partial charge in [-0.15, -0.1) is 21.5 Å². The Balaban J connectivity index is 1.32. The molecular formula is C20H25N7OS. The smallest absolute Gasteiger partial charge is 0.234 e. The molecule has 1 aliphatic rings. The predicted molar refractivity (Wildman–Crippen MR) is 111 cm³/mol. The molecule has 29 heavy (non-hydrogen) atoms. The van der Waals surface area contributed by atoms with Gasteiger partial charge in [0.25, 0.3) is 0 Å². The van der Waals surface area contributed by atoms with E-state index in [0.717, 1.165) is 53.7 Å². The number of fused-ring (bicyclic) bond motifs is 1. The molecule has 0 saturated carbocycles. The average Bonchev–Trinajstić information content (AvgIpc) is 3.25. The zero-order chi connectivity index (χ0) is 20.2. The lowest BCUT2D eigenvalue weighted by molar-refractivity contribution is -0.122. The van der Waals surface area contributed by atoms with Gasteiger partial charge in [-0.25, -0.2) is 4.98 Å². The van der Waals surface area contributed by atoms with Crippen molar-refractivity contribution in [3.05, 3.63) is 46.3 Å². The lowest BCUT2D eigenvalue weighted by Crippen LogP contribution is -2.41. The summed E-state index contributed by atoms with van der Waals surface area (Å²) in [5.74, 6) is 1.85. The first-order chi connectivity index (χ1) is 14.1. The van der Waals surface area contributed by atoms with E-state index in [1.54, 1.807) is 17.5 Å². The molecule has 4 heterocycles. The second-order valence-corrected chi connectivity index (χ2v) is 8.53. The van der Waals surface area contributed by atoms with Gasteiger partial charge in [0.15, 0.2) is 5.82 Å². The van der Waals surface area contributed by atoms with Crippen LogP contribution >= 0.6 is 11.3 Å². The summed E-state index contributed by atoms with van der Waals surface area (Å²) in [5, 5.41) is 14.9. The first-order valence-corrected chi connectivity index (χ1v) is 10.7. The fourth-order valence-corrected chi connectivity index (χ4v) is 4.26. The zero-order valence-electron chi connectivity index (χ0n) is 16.7. The van der Waals surface area contributed by atoms with Crippen molar-refractivity contribution in [1.29, 1.82) is 0 Å². The van der Waals surface area contributed by atoms with Gasteiger partial charge in [-0.3, -0.25) is 14.7 Å². The third-order valence-electron chi connectivity index (χ3n) is 5.05. The molecule has 152 valence electrons. The molecule has 0 radical (unpaired) electrons. The number of likely N-dealkylation sites (N-methyl/N-ethyl adjacent to an activating group) is 1. The summed E-state index contributed by atoms with van der Waals surface area (Å²) < 4.78 is 2.15. The number of nitrogens with zero attached hydrogens (tertiary/aromatic N) is 6. The summed E-state index contributed by atoms with van der Waals surface area (Å²) in [5.41, 5.74) is 1.98. The van der Waals surface area contributed by atoms with E-state index in [1.165, 1.54) is 0 Å². The fraction of sp³-hybridized carbons (Fsp3) is 0.450. The standard InChI is InChI=1S/C20H25N7OS/c1-14-22-17(13-29-14)20-25-24-18-6-5-16(7-9-27(18)20)23-19(28)12-26(2)11-15-4-3-8-21-10-15/h3-4,8,10,13,16H,5-7,9,11-12H2,1-2H3,(H,23,28). The monoisotopic (exact) mass is 411 g/mol. The number of rotatable bonds is 6. The van der Waals surface area contributed by atoms with Crippen LogP contribution in [0.3, 0.4) is 0 Å². The van der Waals surface area contributed by atoms with Crippen LogP contribution < -0.4 is 5.32 Å². The number of aryl methyl sites for hydroxylation is 2. The number of pyridine rings is 1. The third-order valence-corrected chi connectivity index (χ3v) is 5.82. The molecule has 3 aromatic rings. The highest BCUT2D eigenvalue weighted by Crippen LogP contribution is 2.24. The quantitative estimate of drug-likeness (QED) is 0.668. The fourth-order valence-electron chi connectivity index (χ4n) is 3.67. The van der Waals surface area contributed by atoms with Crippen LogP contribution in [0.2, 0.25) is 0 Å². The van der Waals surface area contributed by atoms with Crippen LogP contribution in [-0.2, 0) is 24.3 Å². The number of hydrogen-bond donors (Lipinski definition) is 1. The summed E-state index contributed by atoms with van der Waals surface area (Å²) in [6.07, 6.45) is 6.11. The van der Waals surface area contributed by atoms with Gasteiger partial charge in [-0.1, -0.05) is 6.07 Å². The van der Waals surface area contributed by atoms with Gasteiger partial charge in [0.2, 0.25) is 5.91 Å². The van der Waals surface area contributed by atoms with Crippen LogP contribution in [0.15, 0.2) is 29.9 Å². The third kappa shape index (κ3) is 4.86. The van der Waals surface area contributed by atoms with Gasteiger partial charge in [-0.2, -0.15) is 0 Å². The molecule has 1 aliphatic heterocycles. The summed E-state index contributed by atoms with van der Waals surface area (Å²) in [4.78, 5) is 23.2. The van der Waals surface area contributed by atoms with Crippen molar-refractivity contribution < 1.29 is 4.79 Å². The Morgan fingerprint density at radius 1 is 1.38 bits per heavy atom. The molecule has 0 bridgehead atoms. The molecule has 8 nitrogen and oxygen atoms in total. The number of aromatic nitrogens is 5. The van der Waals surface area contributed by atoms with E-state index in [9.17, 15) is 4.79 Å². The van der Waals surface area contributed by atoms with E-state index in [-0.39, 0.29) is 11.9 Å². The number of carbonyl (C=O) groups is 1. The van der Waals surface area contributed by atoms with E-state index in [0.29, 0.717) is 13.1 Å². The lowest BCUT2D eigenvalue weighted by Gasteiger charge is -2.20. The minimum Gasteiger partial charge on any atom is -0.352 e. The van der Waals surface area contributed by atoms with Crippen molar-refractivity contribution in [3.8, 4) is 11.5 Å². The van der Waals surface area contributed by atoms with E-state index in [4.69, 9.17) is 0 Å².